The topological polar surface area (TPSA) is 106 Å². The van der Waals surface area contributed by atoms with Gasteiger partial charge in [-0.15, -0.1) is 0 Å². The summed E-state index contributed by atoms with van der Waals surface area (Å²) in [7, 11) is 1.42. The maximum atomic E-state index is 12.4. The van der Waals surface area contributed by atoms with Gasteiger partial charge in [0.1, 0.15) is 0 Å². The summed E-state index contributed by atoms with van der Waals surface area (Å²) < 4.78 is 10.7. The van der Waals surface area contributed by atoms with E-state index in [1.807, 2.05) is 0 Å². The lowest BCUT2D eigenvalue weighted by Crippen LogP contribution is -2.35. The average molecular weight is 500 g/mol. The van der Waals surface area contributed by atoms with Gasteiger partial charge in [0.25, 0.3) is 11.8 Å². The van der Waals surface area contributed by atoms with Crippen molar-refractivity contribution in [2.75, 3.05) is 13.7 Å². The molecule has 8 nitrogen and oxygen atoms in total. The van der Waals surface area contributed by atoms with Gasteiger partial charge in [0.2, 0.25) is 0 Å². The molecule has 2 N–H and O–H groups in total. The van der Waals surface area contributed by atoms with Crippen LogP contribution < -0.4 is 20.2 Å². The average Bonchev–Trinajstić information content (AvgIpc) is 2.83. The number of nitrogens with zero attached hydrogens (tertiary/aromatic N) is 1. The summed E-state index contributed by atoms with van der Waals surface area (Å²) in [5.41, 5.74) is 3.36. The molecule has 3 rings (SSSR count). The zero-order chi connectivity index (χ0) is 24.5. The fourth-order valence-corrected chi connectivity index (χ4v) is 3.18. The van der Waals surface area contributed by atoms with Crippen molar-refractivity contribution >= 4 is 47.2 Å². The standard InChI is InChI=1S/C24H19Cl2N3O5/c1-33-21-12-15(10-11-20(21)34-24(32)17-7-3-5-9-19(17)26)13-28-29-22(30)14-27-23(31)16-6-2-4-8-18(16)25/h2-13H,14H2,1H3,(H,27,31)(H,29,30)/b28-13-. The zero-order valence-corrected chi connectivity index (χ0v) is 19.4. The molecule has 0 aliphatic rings. The van der Waals surface area contributed by atoms with Crippen molar-refractivity contribution in [1.82, 2.24) is 10.7 Å². The number of benzene rings is 3. The molecule has 0 heterocycles. The number of hydrogen-bond donors (Lipinski definition) is 2. The van der Waals surface area contributed by atoms with E-state index in [0.29, 0.717) is 5.56 Å². The van der Waals surface area contributed by atoms with E-state index in [1.54, 1.807) is 60.7 Å². The highest BCUT2D eigenvalue weighted by atomic mass is 35.5. The van der Waals surface area contributed by atoms with Crippen molar-refractivity contribution in [3.63, 3.8) is 0 Å². The molecule has 0 saturated heterocycles. The maximum Gasteiger partial charge on any atom is 0.345 e. The van der Waals surface area contributed by atoms with Gasteiger partial charge in [-0.3, -0.25) is 9.59 Å². The van der Waals surface area contributed by atoms with E-state index < -0.39 is 17.8 Å². The quantitative estimate of drug-likeness (QED) is 0.210. The molecule has 0 aliphatic carbocycles. The molecule has 2 amide bonds. The largest absolute Gasteiger partial charge is 0.493 e. The van der Waals surface area contributed by atoms with Crippen LogP contribution in [-0.4, -0.2) is 37.7 Å². The summed E-state index contributed by atoms with van der Waals surface area (Å²) in [6.07, 6.45) is 1.37. The summed E-state index contributed by atoms with van der Waals surface area (Å²) in [6, 6.07) is 17.7. The van der Waals surface area contributed by atoms with Crippen molar-refractivity contribution in [3.05, 3.63) is 93.5 Å². The Hall–Kier alpha value is -3.88. The Labute approximate surface area is 205 Å². The molecular formula is C24H19Cl2N3O5. The molecule has 0 unspecified atom stereocenters. The highest BCUT2D eigenvalue weighted by Crippen LogP contribution is 2.29. The fourth-order valence-electron chi connectivity index (χ4n) is 2.75. The van der Waals surface area contributed by atoms with Gasteiger partial charge in [-0.1, -0.05) is 47.5 Å². The highest BCUT2D eigenvalue weighted by molar-refractivity contribution is 6.34. The lowest BCUT2D eigenvalue weighted by molar-refractivity contribution is -0.120. The summed E-state index contributed by atoms with van der Waals surface area (Å²) in [5, 5.41) is 6.87. The minimum Gasteiger partial charge on any atom is -0.493 e. The number of carbonyl (C=O) groups excluding carboxylic acids is 3. The molecule has 0 spiro atoms. The lowest BCUT2D eigenvalue weighted by Gasteiger charge is -2.10. The van der Waals surface area contributed by atoms with Gasteiger partial charge in [0.05, 0.1) is 41.0 Å². The molecule has 10 heteroatoms. The zero-order valence-electron chi connectivity index (χ0n) is 17.9. The van der Waals surface area contributed by atoms with Gasteiger partial charge < -0.3 is 14.8 Å². The second kappa shape index (κ2) is 11.8. The molecule has 0 radical (unpaired) electrons. The first-order valence-corrected chi connectivity index (χ1v) is 10.6. The van der Waals surface area contributed by atoms with E-state index in [1.165, 1.54) is 19.4 Å². The van der Waals surface area contributed by atoms with E-state index in [4.69, 9.17) is 32.7 Å². The van der Waals surface area contributed by atoms with Crippen LogP contribution in [0.2, 0.25) is 10.0 Å². The van der Waals surface area contributed by atoms with Crippen LogP contribution in [0.15, 0.2) is 71.8 Å². The molecule has 0 atom stereocenters. The van der Waals surface area contributed by atoms with Crippen molar-refractivity contribution in [1.29, 1.82) is 0 Å². The van der Waals surface area contributed by atoms with Gasteiger partial charge in [0, 0.05) is 0 Å². The van der Waals surface area contributed by atoms with E-state index in [9.17, 15) is 14.4 Å². The lowest BCUT2D eigenvalue weighted by atomic mass is 10.2. The van der Waals surface area contributed by atoms with Crippen LogP contribution in [0, 0.1) is 0 Å². The van der Waals surface area contributed by atoms with Gasteiger partial charge >= 0.3 is 5.97 Å². The fraction of sp³-hybridized carbons (Fsp3) is 0.0833. The van der Waals surface area contributed by atoms with Crippen molar-refractivity contribution in [2.45, 2.75) is 0 Å². The Kier molecular flexibility index (Phi) is 8.61. The minimum absolute atomic E-state index is 0.191. The van der Waals surface area contributed by atoms with Crippen LogP contribution >= 0.6 is 23.2 Å². The highest BCUT2D eigenvalue weighted by Gasteiger charge is 2.15. The molecular weight excluding hydrogens is 481 g/mol. The number of hydrogen-bond acceptors (Lipinski definition) is 6. The van der Waals surface area contributed by atoms with Crippen LogP contribution in [0.4, 0.5) is 0 Å². The van der Waals surface area contributed by atoms with Crippen LogP contribution in [0.5, 0.6) is 11.5 Å². The Morgan fingerprint density at radius 3 is 2.21 bits per heavy atom. The first-order valence-electron chi connectivity index (χ1n) is 9.88. The SMILES string of the molecule is COc1cc(/C=N\NC(=O)CNC(=O)c2ccccc2Cl)ccc1OC(=O)c1ccccc1Cl. The number of carbonyl (C=O) groups is 3. The minimum atomic E-state index is -0.628. The van der Waals surface area contributed by atoms with Crippen molar-refractivity contribution < 1.29 is 23.9 Å². The number of nitrogens with one attached hydrogen (secondary N) is 2. The molecule has 34 heavy (non-hydrogen) atoms. The molecule has 0 saturated carbocycles. The third-order valence-corrected chi connectivity index (χ3v) is 5.07. The number of halogens is 2. The van der Waals surface area contributed by atoms with Crippen LogP contribution in [-0.2, 0) is 4.79 Å². The number of rotatable bonds is 8. The van der Waals surface area contributed by atoms with Gasteiger partial charge in [-0.05, 0) is 48.0 Å². The Bertz CT molecular complexity index is 1250. The van der Waals surface area contributed by atoms with E-state index >= 15 is 0 Å². The van der Waals surface area contributed by atoms with Crippen LogP contribution in [0.3, 0.4) is 0 Å². The first-order chi connectivity index (χ1) is 16.4. The summed E-state index contributed by atoms with van der Waals surface area (Å²) >= 11 is 12.0. The van der Waals surface area contributed by atoms with Gasteiger partial charge in [0.15, 0.2) is 11.5 Å². The number of amides is 2. The van der Waals surface area contributed by atoms with E-state index in [2.05, 4.69) is 15.8 Å². The molecule has 0 aromatic heterocycles. The third-order valence-electron chi connectivity index (χ3n) is 4.41. The van der Waals surface area contributed by atoms with E-state index in [-0.39, 0.29) is 39.2 Å². The summed E-state index contributed by atoms with van der Waals surface area (Å²) in [6.45, 7) is -0.290. The predicted molar refractivity (Wildman–Crippen MR) is 129 cm³/mol. The van der Waals surface area contributed by atoms with Crippen LogP contribution in [0.25, 0.3) is 0 Å². The smallest absolute Gasteiger partial charge is 0.345 e. The predicted octanol–water partition coefficient (Wildman–Crippen LogP) is 4.10. The second-order valence-corrected chi connectivity index (χ2v) is 7.55. The normalized spacial score (nSPS) is 10.6. The number of esters is 1. The molecule has 0 aliphatic heterocycles. The van der Waals surface area contributed by atoms with Gasteiger partial charge in [-0.2, -0.15) is 5.10 Å². The Balaban J connectivity index is 1.56. The Morgan fingerprint density at radius 1 is 0.912 bits per heavy atom. The molecule has 3 aromatic carbocycles. The number of hydrazone groups is 1. The maximum absolute atomic E-state index is 12.4. The Morgan fingerprint density at radius 2 is 1.56 bits per heavy atom. The molecule has 174 valence electrons. The second-order valence-electron chi connectivity index (χ2n) is 6.74. The first kappa shape index (κ1) is 24.8. The summed E-state index contributed by atoms with van der Waals surface area (Å²) in [4.78, 5) is 36.4. The third kappa shape index (κ3) is 6.57. The molecule has 3 aromatic rings. The van der Waals surface area contributed by atoms with E-state index in [0.717, 1.165) is 0 Å². The van der Waals surface area contributed by atoms with Crippen LogP contribution in [0.1, 0.15) is 26.3 Å². The van der Waals surface area contributed by atoms with Gasteiger partial charge in [-0.25, -0.2) is 10.2 Å². The summed E-state index contributed by atoms with van der Waals surface area (Å²) in [5.74, 6) is -1.17. The molecule has 0 bridgehead atoms. The number of methoxy groups -OCH3 is 1. The molecule has 0 fully saturated rings. The van der Waals surface area contributed by atoms with Crippen molar-refractivity contribution in [2.24, 2.45) is 5.10 Å². The number of ether oxygens (including phenoxy) is 2. The van der Waals surface area contributed by atoms with Crippen molar-refractivity contribution in [3.8, 4) is 11.5 Å². The monoisotopic (exact) mass is 499 g/mol.